The highest BCUT2D eigenvalue weighted by atomic mass is 35.5. The van der Waals surface area contributed by atoms with Crippen LogP contribution in [0.3, 0.4) is 0 Å². The predicted molar refractivity (Wildman–Crippen MR) is 73.1 cm³/mol. The van der Waals surface area contributed by atoms with E-state index in [1.807, 2.05) is 13.8 Å². The van der Waals surface area contributed by atoms with Crippen molar-refractivity contribution < 1.29 is 9.13 Å². The minimum atomic E-state index is -0.518. The van der Waals surface area contributed by atoms with E-state index in [2.05, 4.69) is 4.98 Å². The third kappa shape index (κ3) is 3.03. The average molecular weight is 281 g/mol. The number of hydrogen-bond acceptors (Lipinski definition) is 3. The molecule has 0 bridgehead atoms. The van der Waals surface area contributed by atoms with Crippen LogP contribution in [0.2, 0.25) is 5.02 Å². The van der Waals surface area contributed by atoms with E-state index in [-0.39, 0.29) is 5.02 Å². The van der Waals surface area contributed by atoms with E-state index in [1.165, 1.54) is 12.1 Å². The monoisotopic (exact) mass is 280 g/mol. The number of aromatic nitrogens is 1. The number of nitrogens with two attached hydrogens (primary N) is 1. The molecule has 0 radical (unpaired) electrons. The van der Waals surface area contributed by atoms with Crippen LogP contribution < -0.4 is 10.5 Å². The van der Waals surface area contributed by atoms with E-state index in [9.17, 15) is 4.39 Å². The molecule has 5 heteroatoms. The highest BCUT2D eigenvalue weighted by Crippen LogP contribution is 2.29. The molecule has 3 nitrogen and oxygen atoms in total. The van der Waals surface area contributed by atoms with Crippen molar-refractivity contribution in [1.29, 1.82) is 0 Å². The van der Waals surface area contributed by atoms with Crippen LogP contribution in [-0.4, -0.2) is 4.98 Å². The quantitative estimate of drug-likeness (QED) is 0.932. The van der Waals surface area contributed by atoms with Gasteiger partial charge in [0, 0.05) is 35.6 Å². The number of nitrogens with zero attached hydrogens (tertiary/aromatic N) is 1. The minimum Gasteiger partial charge on any atom is -0.457 e. The number of halogens is 2. The first-order valence-corrected chi connectivity index (χ1v) is 6.19. The van der Waals surface area contributed by atoms with E-state index in [0.29, 0.717) is 18.0 Å². The second kappa shape index (κ2) is 5.55. The van der Waals surface area contributed by atoms with E-state index in [1.54, 1.807) is 12.1 Å². The molecule has 0 saturated carbocycles. The van der Waals surface area contributed by atoms with Crippen LogP contribution in [0.4, 0.5) is 4.39 Å². The molecule has 0 aliphatic heterocycles. The summed E-state index contributed by atoms with van der Waals surface area (Å²) in [5, 5.41) is 0.0634. The Hall–Kier alpha value is -1.65. The molecule has 1 aromatic carbocycles. The Bertz CT molecular complexity index is 617. The Morgan fingerprint density at radius 1 is 1.32 bits per heavy atom. The van der Waals surface area contributed by atoms with E-state index in [4.69, 9.17) is 22.1 Å². The molecule has 100 valence electrons. The zero-order chi connectivity index (χ0) is 14.0. The van der Waals surface area contributed by atoms with Crippen molar-refractivity contribution in [3.05, 3.63) is 52.1 Å². The zero-order valence-electron chi connectivity index (χ0n) is 10.7. The standard InChI is InChI=1S/C14H14ClFN2O/c1-8-5-14(11(7-17)9(2)18-8)19-10-3-4-12(15)13(16)6-10/h3-6H,7,17H2,1-2H3. The Labute approximate surface area is 116 Å². The number of aryl methyl sites for hydroxylation is 2. The van der Waals surface area contributed by atoms with Gasteiger partial charge >= 0.3 is 0 Å². The molecule has 0 unspecified atom stereocenters. The van der Waals surface area contributed by atoms with Crippen LogP contribution in [-0.2, 0) is 6.54 Å². The highest BCUT2D eigenvalue weighted by Gasteiger charge is 2.10. The summed E-state index contributed by atoms with van der Waals surface area (Å²) in [7, 11) is 0. The van der Waals surface area contributed by atoms with Crippen LogP contribution in [0.15, 0.2) is 24.3 Å². The van der Waals surface area contributed by atoms with Gasteiger partial charge in [-0.2, -0.15) is 0 Å². The van der Waals surface area contributed by atoms with Gasteiger partial charge in [-0.3, -0.25) is 4.98 Å². The molecule has 19 heavy (non-hydrogen) atoms. The van der Waals surface area contributed by atoms with Crippen LogP contribution in [0.5, 0.6) is 11.5 Å². The van der Waals surface area contributed by atoms with Gasteiger partial charge in [-0.05, 0) is 26.0 Å². The van der Waals surface area contributed by atoms with Gasteiger partial charge in [0.15, 0.2) is 0 Å². The molecule has 1 heterocycles. The molecule has 2 aromatic rings. The van der Waals surface area contributed by atoms with Crippen molar-refractivity contribution in [2.75, 3.05) is 0 Å². The summed E-state index contributed by atoms with van der Waals surface area (Å²) in [4.78, 5) is 4.32. The van der Waals surface area contributed by atoms with Gasteiger partial charge in [0.05, 0.1) is 5.02 Å². The van der Waals surface area contributed by atoms with E-state index < -0.39 is 5.82 Å². The number of benzene rings is 1. The molecule has 1 aromatic heterocycles. The van der Waals surface area contributed by atoms with Gasteiger partial charge in [0.1, 0.15) is 17.3 Å². The molecule has 0 aliphatic carbocycles. The lowest BCUT2D eigenvalue weighted by Gasteiger charge is -2.13. The zero-order valence-corrected chi connectivity index (χ0v) is 11.5. The maximum atomic E-state index is 13.4. The smallest absolute Gasteiger partial charge is 0.145 e. The van der Waals surface area contributed by atoms with Crippen LogP contribution >= 0.6 is 11.6 Å². The first kappa shape index (κ1) is 13.8. The van der Waals surface area contributed by atoms with Crippen molar-refractivity contribution in [3.8, 4) is 11.5 Å². The molecule has 0 spiro atoms. The first-order valence-electron chi connectivity index (χ1n) is 5.81. The Morgan fingerprint density at radius 2 is 2.05 bits per heavy atom. The molecule has 0 saturated heterocycles. The summed E-state index contributed by atoms with van der Waals surface area (Å²) in [6, 6.07) is 6.08. The number of rotatable bonds is 3. The van der Waals surface area contributed by atoms with Crippen molar-refractivity contribution >= 4 is 11.6 Å². The number of pyridine rings is 1. The second-order valence-electron chi connectivity index (χ2n) is 4.21. The molecule has 2 rings (SSSR count). The van der Waals surface area contributed by atoms with Gasteiger partial charge in [-0.15, -0.1) is 0 Å². The Balaban J connectivity index is 2.39. The Kier molecular flexibility index (Phi) is 4.02. The summed E-state index contributed by atoms with van der Waals surface area (Å²) < 4.78 is 19.1. The number of hydrogen-bond donors (Lipinski definition) is 1. The van der Waals surface area contributed by atoms with Gasteiger partial charge in [-0.25, -0.2) is 4.39 Å². The highest BCUT2D eigenvalue weighted by molar-refractivity contribution is 6.30. The second-order valence-corrected chi connectivity index (χ2v) is 4.62. The molecular weight excluding hydrogens is 267 g/mol. The van der Waals surface area contributed by atoms with Gasteiger partial charge in [-0.1, -0.05) is 11.6 Å². The summed E-state index contributed by atoms with van der Waals surface area (Å²) >= 11 is 5.63. The van der Waals surface area contributed by atoms with Crippen LogP contribution in [0.1, 0.15) is 17.0 Å². The van der Waals surface area contributed by atoms with E-state index >= 15 is 0 Å². The summed E-state index contributed by atoms with van der Waals surface area (Å²) in [6.45, 7) is 4.04. The molecule has 0 aliphatic rings. The minimum absolute atomic E-state index is 0.0634. The summed E-state index contributed by atoms with van der Waals surface area (Å²) in [5.74, 6) is 0.451. The molecule has 2 N–H and O–H groups in total. The fourth-order valence-electron chi connectivity index (χ4n) is 1.83. The van der Waals surface area contributed by atoms with Gasteiger partial charge in [0.2, 0.25) is 0 Å². The SMILES string of the molecule is Cc1cc(Oc2ccc(Cl)c(F)c2)c(CN)c(C)n1. The third-order valence-electron chi connectivity index (χ3n) is 2.74. The van der Waals surface area contributed by atoms with Crippen molar-refractivity contribution in [2.45, 2.75) is 20.4 Å². The molecular formula is C14H14ClFN2O. The largest absolute Gasteiger partial charge is 0.457 e. The predicted octanol–water partition coefficient (Wildman–Crippen LogP) is 3.74. The lowest BCUT2D eigenvalue weighted by molar-refractivity contribution is 0.468. The molecule has 0 amide bonds. The molecule has 0 atom stereocenters. The Morgan fingerprint density at radius 3 is 2.68 bits per heavy atom. The third-order valence-corrected chi connectivity index (χ3v) is 3.05. The van der Waals surface area contributed by atoms with Crippen molar-refractivity contribution in [3.63, 3.8) is 0 Å². The van der Waals surface area contributed by atoms with Crippen LogP contribution in [0, 0.1) is 19.7 Å². The van der Waals surface area contributed by atoms with Crippen molar-refractivity contribution in [2.24, 2.45) is 5.73 Å². The van der Waals surface area contributed by atoms with E-state index in [0.717, 1.165) is 17.0 Å². The van der Waals surface area contributed by atoms with Crippen molar-refractivity contribution in [1.82, 2.24) is 4.98 Å². The lowest BCUT2D eigenvalue weighted by Crippen LogP contribution is -2.05. The maximum absolute atomic E-state index is 13.4. The fraction of sp³-hybridized carbons (Fsp3) is 0.214. The van der Waals surface area contributed by atoms with Crippen LogP contribution in [0.25, 0.3) is 0 Å². The van der Waals surface area contributed by atoms with Gasteiger partial charge in [0.25, 0.3) is 0 Å². The fourth-order valence-corrected chi connectivity index (χ4v) is 1.94. The number of ether oxygens (including phenoxy) is 1. The topological polar surface area (TPSA) is 48.1 Å². The molecule has 0 fully saturated rings. The summed E-state index contributed by atoms with van der Waals surface area (Å²) in [5.41, 5.74) is 8.13. The van der Waals surface area contributed by atoms with Gasteiger partial charge < -0.3 is 10.5 Å². The summed E-state index contributed by atoms with van der Waals surface area (Å²) in [6.07, 6.45) is 0. The maximum Gasteiger partial charge on any atom is 0.145 e. The lowest BCUT2D eigenvalue weighted by atomic mass is 10.1. The first-order chi connectivity index (χ1) is 9.01. The average Bonchev–Trinajstić information content (AvgIpc) is 2.33. The normalized spacial score (nSPS) is 10.6.